The highest BCUT2D eigenvalue weighted by molar-refractivity contribution is 7.22. The number of aliphatic hydroxyl groups is 1. The normalized spacial score (nSPS) is 17.3. The number of aromatic nitrogens is 1. The van der Waals surface area contributed by atoms with Crippen molar-refractivity contribution in [2.45, 2.75) is 32.2 Å². The number of fused-ring (bicyclic) bond motifs is 1. The van der Waals surface area contributed by atoms with E-state index in [-0.39, 0.29) is 22.3 Å². The molecule has 1 unspecified atom stereocenters. The van der Waals surface area contributed by atoms with Gasteiger partial charge in [0, 0.05) is 6.07 Å². The fraction of sp³-hybridized carbons (Fsp3) is 0.233. The maximum atomic E-state index is 13.6. The average molecular weight is 529 g/mol. The Kier molecular flexibility index (Phi) is 6.44. The molecular formula is C30H28N2O5S. The zero-order chi connectivity index (χ0) is 27.2. The van der Waals surface area contributed by atoms with Crippen LogP contribution in [0.15, 0.2) is 72.3 Å². The highest BCUT2D eigenvalue weighted by Crippen LogP contribution is 2.45. The number of rotatable bonds is 5. The summed E-state index contributed by atoms with van der Waals surface area (Å²) >= 11 is 1.32. The van der Waals surface area contributed by atoms with E-state index in [1.165, 1.54) is 30.5 Å². The van der Waals surface area contributed by atoms with E-state index in [9.17, 15) is 14.7 Å². The Morgan fingerprint density at radius 1 is 0.974 bits per heavy atom. The second-order valence-corrected chi connectivity index (χ2v) is 11.1. The lowest BCUT2D eigenvalue weighted by Gasteiger charge is -2.25. The SMILES string of the molecule is COc1ccc(/C(O)=C2\C(=O)C(=O)N(c3nc4ccccc4s3)C2c2ccc(C(C)(C)C)cc2)c(OC)c1. The number of carbonyl (C=O) groups is 2. The number of carbonyl (C=O) groups excluding carboxylic acids is 2. The summed E-state index contributed by atoms with van der Waals surface area (Å²) in [5.74, 6) is -1.01. The Morgan fingerprint density at radius 2 is 1.68 bits per heavy atom. The van der Waals surface area contributed by atoms with Gasteiger partial charge in [-0.2, -0.15) is 0 Å². The molecule has 1 amide bonds. The predicted molar refractivity (Wildman–Crippen MR) is 149 cm³/mol. The van der Waals surface area contributed by atoms with E-state index in [0.29, 0.717) is 22.2 Å². The van der Waals surface area contributed by atoms with Crippen molar-refractivity contribution >= 4 is 44.1 Å². The van der Waals surface area contributed by atoms with Gasteiger partial charge in [-0.05, 0) is 40.8 Å². The van der Waals surface area contributed by atoms with Crippen molar-refractivity contribution in [3.05, 3.63) is 89.0 Å². The lowest BCUT2D eigenvalue weighted by Crippen LogP contribution is -2.29. The number of amides is 1. The number of hydrogen-bond acceptors (Lipinski definition) is 7. The largest absolute Gasteiger partial charge is 0.507 e. The van der Waals surface area contributed by atoms with Gasteiger partial charge in [0.2, 0.25) is 0 Å². The molecule has 0 spiro atoms. The topological polar surface area (TPSA) is 89.0 Å². The van der Waals surface area contributed by atoms with Crippen LogP contribution < -0.4 is 14.4 Å². The van der Waals surface area contributed by atoms with Crippen molar-refractivity contribution in [3.8, 4) is 11.5 Å². The van der Waals surface area contributed by atoms with Crippen molar-refractivity contribution in [3.63, 3.8) is 0 Å². The summed E-state index contributed by atoms with van der Waals surface area (Å²) in [4.78, 5) is 33.1. The number of ether oxygens (including phenoxy) is 2. The number of benzene rings is 3. The third-order valence-corrected chi connectivity index (χ3v) is 7.73. The van der Waals surface area contributed by atoms with E-state index in [1.807, 2.05) is 48.5 Å². The van der Waals surface area contributed by atoms with Crippen molar-refractivity contribution in [2.75, 3.05) is 19.1 Å². The fourth-order valence-corrected chi connectivity index (χ4v) is 5.61. The molecule has 1 N–H and O–H groups in total. The van der Waals surface area contributed by atoms with E-state index in [0.717, 1.165) is 15.8 Å². The molecule has 0 aliphatic carbocycles. The first kappa shape index (κ1) is 25.5. The molecule has 1 saturated heterocycles. The molecule has 1 atom stereocenters. The van der Waals surface area contributed by atoms with Gasteiger partial charge in [0.1, 0.15) is 17.3 Å². The van der Waals surface area contributed by atoms with Crippen LogP contribution in [0.3, 0.4) is 0 Å². The van der Waals surface area contributed by atoms with Crippen molar-refractivity contribution in [2.24, 2.45) is 0 Å². The minimum absolute atomic E-state index is 0.0266. The molecule has 3 aromatic carbocycles. The highest BCUT2D eigenvalue weighted by Gasteiger charge is 2.48. The number of thiazole rings is 1. The first-order chi connectivity index (χ1) is 18.1. The van der Waals surface area contributed by atoms with Gasteiger partial charge in [-0.25, -0.2) is 4.98 Å². The standard InChI is InChI=1S/C30H28N2O5S/c1-30(2,3)18-12-10-17(11-13-18)25-24(26(33)20-15-14-19(36-4)16-22(20)37-5)27(34)28(35)32(25)29-31-21-8-6-7-9-23(21)38-29/h6-16,25,33H,1-5H3/b26-24+. The zero-order valence-electron chi connectivity index (χ0n) is 21.8. The Morgan fingerprint density at radius 3 is 2.32 bits per heavy atom. The molecular weight excluding hydrogens is 500 g/mol. The summed E-state index contributed by atoms with van der Waals surface area (Å²) in [7, 11) is 2.99. The Hall–Kier alpha value is -4.17. The van der Waals surface area contributed by atoms with Crippen molar-refractivity contribution < 1.29 is 24.2 Å². The fourth-order valence-electron chi connectivity index (χ4n) is 4.61. The first-order valence-electron chi connectivity index (χ1n) is 12.1. The Bertz CT molecular complexity index is 1550. The minimum atomic E-state index is -0.878. The number of anilines is 1. The zero-order valence-corrected chi connectivity index (χ0v) is 22.6. The molecule has 1 aliphatic rings. The number of Topliss-reactive ketones (excluding diaryl/α,β-unsaturated/α-hetero) is 1. The van der Waals surface area contributed by atoms with E-state index in [2.05, 4.69) is 25.8 Å². The van der Waals surface area contributed by atoms with Crippen LogP contribution in [0.4, 0.5) is 5.13 Å². The number of hydrogen-bond donors (Lipinski definition) is 1. The first-order valence-corrected chi connectivity index (χ1v) is 12.9. The second kappa shape index (κ2) is 9.61. The predicted octanol–water partition coefficient (Wildman–Crippen LogP) is 6.24. The molecule has 8 heteroatoms. The molecule has 38 heavy (non-hydrogen) atoms. The van der Waals surface area contributed by atoms with E-state index in [4.69, 9.17) is 9.47 Å². The molecule has 1 fully saturated rings. The van der Waals surface area contributed by atoms with Gasteiger partial charge in [-0.1, -0.05) is 68.5 Å². The van der Waals surface area contributed by atoms with E-state index < -0.39 is 17.7 Å². The average Bonchev–Trinajstić information content (AvgIpc) is 3.45. The van der Waals surface area contributed by atoms with Crippen molar-refractivity contribution in [1.82, 2.24) is 4.98 Å². The van der Waals surface area contributed by atoms with Gasteiger partial charge >= 0.3 is 5.91 Å². The van der Waals surface area contributed by atoms with Crippen LogP contribution in [0.5, 0.6) is 11.5 Å². The van der Waals surface area contributed by atoms with Crippen LogP contribution in [-0.2, 0) is 15.0 Å². The monoisotopic (exact) mass is 528 g/mol. The number of aliphatic hydroxyl groups excluding tert-OH is 1. The van der Waals surface area contributed by atoms with E-state index >= 15 is 0 Å². The molecule has 7 nitrogen and oxygen atoms in total. The molecule has 4 aromatic rings. The van der Waals surface area contributed by atoms with Crippen LogP contribution in [0.2, 0.25) is 0 Å². The van der Waals surface area contributed by atoms with Gasteiger partial charge in [0.25, 0.3) is 5.78 Å². The molecule has 1 aliphatic heterocycles. The van der Waals surface area contributed by atoms with Gasteiger partial charge in [0.15, 0.2) is 5.13 Å². The maximum absolute atomic E-state index is 13.6. The van der Waals surface area contributed by atoms with Crippen LogP contribution in [0, 0.1) is 0 Å². The third kappa shape index (κ3) is 4.31. The third-order valence-electron chi connectivity index (χ3n) is 6.69. The summed E-state index contributed by atoms with van der Waals surface area (Å²) in [5.41, 5.74) is 2.70. The molecule has 194 valence electrons. The van der Waals surface area contributed by atoms with Gasteiger partial charge < -0.3 is 14.6 Å². The Balaban J connectivity index is 1.73. The number of para-hydroxylation sites is 1. The van der Waals surface area contributed by atoms with Gasteiger partial charge in [-0.15, -0.1) is 0 Å². The number of nitrogens with zero attached hydrogens (tertiary/aromatic N) is 2. The van der Waals surface area contributed by atoms with Gasteiger partial charge in [0.05, 0.1) is 41.6 Å². The quantitative estimate of drug-likeness (QED) is 0.187. The minimum Gasteiger partial charge on any atom is -0.507 e. The van der Waals surface area contributed by atoms with Crippen LogP contribution in [0.1, 0.15) is 43.5 Å². The number of ketones is 1. The smallest absolute Gasteiger partial charge is 0.301 e. The molecule has 0 radical (unpaired) electrons. The van der Waals surface area contributed by atoms with Crippen LogP contribution >= 0.6 is 11.3 Å². The molecule has 0 bridgehead atoms. The summed E-state index contributed by atoms with van der Waals surface area (Å²) in [6.45, 7) is 6.35. The lowest BCUT2D eigenvalue weighted by atomic mass is 9.85. The van der Waals surface area contributed by atoms with E-state index in [1.54, 1.807) is 18.2 Å². The van der Waals surface area contributed by atoms with Crippen LogP contribution in [-0.4, -0.2) is 36.0 Å². The lowest BCUT2D eigenvalue weighted by molar-refractivity contribution is -0.132. The Labute approximate surface area is 225 Å². The van der Waals surface area contributed by atoms with Crippen LogP contribution in [0.25, 0.3) is 16.0 Å². The summed E-state index contributed by atoms with van der Waals surface area (Å²) < 4.78 is 11.6. The second-order valence-electron chi connectivity index (χ2n) is 10.1. The highest BCUT2D eigenvalue weighted by atomic mass is 32.1. The molecule has 1 aromatic heterocycles. The number of methoxy groups -OCH3 is 2. The summed E-state index contributed by atoms with van der Waals surface area (Å²) in [5, 5.41) is 11.9. The van der Waals surface area contributed by atoms with Crippen molar-refractivity contribution in [1.29, 1.82) is 0 Å². The summed E-state index contributed by atoms with van der Waals surface area (Å²) in [6, 6.07) is 19.3. The van der Waals surface area contributed by atoms with Gasteiger partial charge in [-0.3, -0.25) is 14.5 Å². The summed E-state index contributed by atoms with van der Waals surface area (Å²) in [6.07, 6.45) is 0. The maximum Gasteiger partial charge on any atom is 0.301 e. The molecule has 5 rings (SSSR count). The molecule has 2 heterocycles. The molecule has 0 saturated carbocycles.